The van der Waals surface area contributed by atoms with Gasteiger partial charge in [0, 0.05) is 45.3 Å². The van der Waals surface area contributed by atoms with Crippen LogP contribution in [0, 0.1) is 6.92 Å². The Bertz CT molecular complexity index is 1400. The van der Waals surface area contributed by atoms with Crippen molar-refractivity contribution in [1.29, 1.82) is 0 Å². The molecule has 0 bridgehead atoms. The van der Waals surface area contributed by atoms with Crippen molar-refractivity contribution in [3.8, 4) is 0 Å². The Labute approximate surface area is 226 Å². The van der Waals surface area contributed by atoms with Gasteiger partial charge in [0.2, 0.25) is 0 Å². The molecule has 2 aromatic heterocycles. The zero-order valence-corrected chi connectivity index (χ0v) is 21.8. The lowest BCUT2D eigenvalue weighted by molar-refractivity contribution is -0.137. The SMILES string of the molecule is Cc1c(N2CCN(c3ccc(C(F)(F)F)cn3)CC2)nnc(Cc2cccc(Cc3ccccc3)c2)c1CN. The molecule has 2 N–H and O–H groups in total. The molecule has 0 spiro atoms. The predicted octanol–water partition coefficient (Wildman–Crippen LogP) is 5.17. The molecule has 39 heavy (non-hydrogen) atoms. The van der Waals surface area contributed by atoms with E-state index in [0.29, 0.717) is 45.0 Å². The summed E-state index contributed by atoms with van der Waals surface area (Å²) in [5, 5.41) is 9.19. The Hall–Kier alpha value is -3.98. The molecule has 6 nitrogen and oxygen atoms in total. The Morgan fingerprint density at radius 2 is 1.46 bits per heavy atom. The van der Waals surface area contributed by atoms with Crippen LogP contribution in [0.25, 0.3) is 0 Å². The van der Waals surface area contributed by atoms with E-state index in [0.717, 1.165) is 46.9 Å². The number of rotatable bonds is 7. The molecule has 0 atom stereocenters. The smallest absolute Gasteiger partial charge is 0.353 e. The Morgan fingerprint density at radius 3 is 2.10 bits per heavy atom. The molecule has 0 unspecified atom stereocenters. The highest BCUT2D eigenvalue weighted by Crippen LogP contribution is 2.30. The number of pyridine rings is 1. The second-order valence-corrected chi connectivity index (χ2v) is 9.81. The minimum Gasteiger partial charge on any atom is -0.353 e. The van der Waals surface area contributed by atoms with Gasteiger partial charge < -0.3 is 15.5 Å². The third kappa shape index (κ3) is 6.20. The van der Waals surface area contributed by atoms with E-state index in [1.165, 1.54) is 17.2 Å². The van der Waals surface area contributed by atoms with Crippen molar-refractivity contribution in [3.05, 3.63) is 112 Å². The van der Waals surface area contributed by atoms with Crippen LogP contribution >= 0.6 is 0 Å². The molecular formula is C30H31F3N6. The van der Waals surface area contributed by atoms with Crippen molar-refractivity contribution < 1.29 is 13.2 Å². The minimum atomic E-state index is -4.39. The first-order valence-corrected chi connectivity index (χ1v) is 13.0. The molecule has 2 aromatic carbocycles. The van der Waals surface area contributed by atoms with Gasteiger partial charge in [-0.1, -0.05) is 54.6 Å². The maximum atomic E-state index is 12.9. The summed E-state index contributed by atoms with van der Waals surface area (Å²) in [5.41, 5.74) is 12.0. The lowest BCUT2D eigenvalue weighted by atomic mass is 9.98. The van der Waals surface area contributed by atoms with Gasteiger partial charge in [-0.2, -0.15) is 18.3 Å². The summed E-state index contributed by atoms with van der Waals surface area (Å²) in [6, 6.07) is 21.4. The summed E-state index contributed by atoms with van der Waals surface area (Å²) in [5.74, 6) is 1.34. The van der Waals surface area contributed by atoms with Gasteiger partial charge in [-0.05, 0) is 53.3 Å². The fraction of sp³-hybridized carbons (Fsp3) is 0.300. The number of benzene rings is 2. The highest BCUT2D eigenvalue weighted by atomic mass is 19.4. The Balaban J connectivity index is 1.27. The normalized spacial score (nSPS) is 14.1. The average Bonchev–Trinajstić information content (AvgIpc) is 2.94. The van der Waals surface area contributed by atoms with Crippen LogP contribution in [0.3, 0.4) is 0 Å². The minimum absolute atomic E-state index is 0.364. The van der Waals surface area contributed by atoms with Crippen molar-refractivity contribution in [2.24, 2.45) is 5.73 Å². The molecule has 3 heterocycles. The van der Waals surface area contributed by atoms with E-state index in [9.17, 15) is 13.2 Å². The van der Waals surface area contributed by atoms with Crippen LogP contribution in [0.4, 0.5) is 24.8 Å². The van der Waals surface area contributed by atoms with Crippen molar-refractivity contribution >= 4 is 11.6 Å². The van der Waals surface area contributed by atoms with Crippen LogP contribution in [0.15, 0.2) is 72.9 Å². The Morgan fingerprint density at radius 1 is 0.795 bits per heavy atom. The monoisotopic (exact) mass is 532 g/mol. The van der Waals surface area contributed by atoms with Crippen LogP contribution in [-0.2, 0) is 25.6 Å². The first-order chi connectivity index (χ1) is 18.8. The van der Waals surface area contributed by atoms with Gasteiger partial charge in [0.25, 0.3) is 0 Å². The number of aromatic nitrogens is 3. The number of anilines is 2. The maximum Gasteiger partial charge on any atom is 0.417 e. The van der Waals surface area contributed by atoms with Crippen molar-refractivity contribution in [1.82, 2.24) is 15.2 Å². The number of nitrogens with zero attached hydrogens (tertiary/aromatic N) is 5. The van der Waals surface area contributed by atoms with Gasteiger partial charge in [0.1, 0.15) is 5.82 Å². The van der Waals surface area contributed by atoms with Crippen molar-refractivity contribution in [2.75, 3.05) is 36.0 Å². The second-order valence-electron chi connectivity index (χ2n) is 9.81. The highest BCUT2D eigenvalue weighted by molar-refractivity contribution is 5.53. The van der Waals surface area contributed by atoms with Crippen LogP contribution in [0.2, 0.25) is 0 Å². The molecule has 9 heteroatoms. The van der Waals surface area contributed by atoms with Crippen molar-refractivity contribution in [2.45, 2.75) is 32.5 Å². The molecule has 1 saturated heterocycles. The standard InChI is InChI=1S/C30H31F3N6/c1-21-26(19-34)27(18-24-9-5-8-23(17-24)16-22-6-3-2-4-7-22)36-37-29(21)39-14-12-38(13-15-39)28-11-10-25(20-35-28)30(31,32)33/h2-11,17,20H,12-16,18-19,34H2,1H3. The molecule has 0 radical (unpaired) electrons. The van der Waals surface area contributed by atoms with Gasteiger partial charge in [0.15, 0.2) is 5.82 Å². The van der Waals surface area contributed by atoms with E-state index in [4.69, 9.17) is 5.73 Å². The molecule has 1 aliphatic rings. The third-order valence-corrected chi connectivity index (χ3v) is 7.20. The number of nitrogens with two attached hydrogens (primary N) is 1. The van der Waals surface area contributed by atoms with Crippen LogP contribution in [0.1, 0.15) is 39.1 Å². The summed E-state index contributed by atoms with van der Waals surface area (Å²) in [6.45, 7) is 4.95. The quantitative estimate of drug-likeness (QED) is 0.354. The lowest BCUT2D eigenvalue weighted by Gasteiger charge is -2.36. The summed E-state index contributed by atoms with van der Waals surface area (Å²) < 4.78 is 38.6. The molecule has 1 fully saturated rings. The van der Waals surface area contributed by atoms with E-state index in [1.54, 1.807) is 0 Å². The maximum absolute atomic E-state index is 12.9. The topological polar surface area (TPSA) is 71.2 Å². The zero-order chi connectivity index (χ0) is 27.4. The highest BCUT2D eigenvalue weighted by Gasteiger charge is 2.31. The molecular weight excluding hydrogens is 501 g/mol. The number of hydrogen-bond acceptors (Lipinski definition) is 6. The van der Waals surface area contributed by atoms with E-state index >= 15 is 0 Å². The first-order valence-electron chi connectivity index (χ1n) is 13.0. The number of hydrogen-bond donors (Lipinski definition) is 1. The predicted molar refractivity (Wildman–Crippen MR) is 147 cm³/mol. The zero-order valence-electron chi connectivity index (χ0n) is 21.8. The summed E-state index contributed by atoms with van der Waals surface area (Å²) in [4.78, 5) is 8.18. The first kappa shape index (κ1) is 26.6. The largest absolute Gasteiger partial charge is 0.417 e. The molecule has 4 aromatic rings. The van der Waals surface area contributed by atoms with E-state index < -0.39 is 11.7 Å². The fourth-order valence-corrected chi connectivity index (χ4v) is 5.07. The van der Waals surface area contributed by atoms with Gasteiger partial charge in [-0.15, -0.1) is 5.10 Å². The number of alkyl halides is 3. The third-order valence-electron chi connectivity index (χ3n) is 7.20. The number of piperazine rings is 1. The molecule has 202 valence electrons. The average molecular weight is 533 g/mol. The molecule has 1 aliphatic heterocycles. The van der Waals surface area contributed by atoms with E-state index in [-0.39, 0.29) is 0 Å². The van der Waals surface area contributed by atoms with E-state index in [1.807, 2.05) is 17.9 Å². The second kappa shape index (κ2) is 11.4. The summed E-state index contributed by atoms with van der Waals surface area (Å²) in [7, 11) is 0. The van der Waals surface area contributed by atoms with Gasteiger partial charge >= 0.3 is 6.18 Å². The van der Waals surface area contributed by atoms with Gasteiger partial charge in [-0.3, -0.25) is 0 Å². The van der Waals surface area contributed by atoms with Gasteiger partial charge in [0.05, 0.1) is 11.3 Å². The van der Waals surface area contributed by atoms with Crippen molar-refractivity contribution in [3.63, 3.8) is 0 Å². The number of halogens is 3. The molecule has 0 aliphatic carbocycles. The molecule has 0 saturated carbocycles. The summed E-state index contributed by atoms with van der Waals surface area (Å²) >= 11 is 0. The lowest BCUT2D eigenvalue weighted by Crippen LogP contribution is -2.47. The Kier molecular flexibility index (Phi) is 7.79. The summed E-state index contributed by atoms with van der Waals surface area (Å²) in [6.07, 6.45) is -1.98. The van der Waals surface area contributed by atoms with Crippen LogP contribution in [-0.4, -0.2) is 41.4 Å². The van der Waals surface area contributed by atoms with Crippen LogP contribution < -0.4 is 15.5 Å². The van der Waals surface area contributed by atoms with E-state index in [2.05, 4.69) is 68.6 Å². The fourth-order valence-electron chi connectivity index (χ4n) is 5.07. The van der Waals surface area contributed by atoms with Crippen LogP contribution in [0.5, 0.6) is 0 Å². The van der Waals surface area contributed by atoms with Gasteiger partial charge in [-0.25, -0.2) is 4.98 Å². The molecule has 5 rings (SSSR count). The molecule has 0 amide bonds.